The summed E-state index contributed by atoms with van der Waals surface area (Å²) < 4.78 is 0. The Balaban J connectivity index is 2.16. The van der Waals surface area contributed by atoms with Crippen LogP contribution in [0.4, 0.5) is 0 Å². The molecule has 0 heterocycles. The van der Waals surface area contributed by atoms with Gasteiger partial charge in [0.1, 0.15) is 6.29 Å². The lowest BCUT2D eigenvalue weighted by Gasteiger charge is -2.28. The summed E-state index contributed by atoms with van der Waals surface area (Å²) in [7, 11) is 0. The van der Waals surface area contributed by atoms with Gasteiger partial charge in [0.15, 0.2) is 0 Å². The highest BCUT2D eigenvalue weighted by Crippen LogP contribution is 2.37. The van der Waals surface area contributed by atoms with Crippen molar-refractivity contribution in [3.05, 3.63) is 0 Å². The Hall–Kier alpha value is -0.370. The zero-order valence-electron chi connectivity index (χ0n) is 11.3. The van der Waals surface area contributed by atoms with E-state index in [0.717, 1.165) is 44.8 Å². The minimum absolute atomic E-state index is 0.115. The van der Waals surface area contributed by atoms with Crippen molar-refractivity contribution < 1.29 is 9.90 Å². The maximum absolute atomic E-state index is 11.1. The first-order valence-corrected chi connectivity index (χ1v) is 7.40. The van der Waals surface area contributed by atoms with Gasteiger partial charge in [0.05, 0.1) is 5.60 Å². The van der Waals surface area contributed by atoms with Gasteiger partial charge in [-0.3, -0.25) is 0 Å². The van der Waals surface area contributed by atoms with Gasteiger partial charge in [-0.1, -0.05) is 58.3 Å². The lowest BCUT2D eigenvalue weighted by molar-refractivity contribution is -0.120. The van der Waals surface area contributed by atoms with Crippen LogP contribution >= 0.6 is 0 Å². The van der Waals surface area contributed by atoms with E-state index in [-0.39, 0.29) is 5.92 Å². The predicted molar refractivity (Wildman–Crippen MR) is 71.0 cm³/mol. The first-order chi connectivity index (χ1) is 8.23. The molecule has 1 fully saturated rings. The summed E-state index contributed by atoms with van der Waals surface area (Å²) in [5, 5.41) is 10.4. The number of carbonyl (C=O) groups excluding carboxylic acids is 1. The predicted octanol–water partition coefficient (Wildman–Crippen LogP) is 3.86. The molecule has 1 atom stereocenters. The number of hydrogen-bond donors (Lipinski definition) is 1. The zero-order valence-corrected chi connectivity index (χ0v) is 11.3. The Morgan fingerprint density at radius 2 is 1.71 bits per heavy atom. The molecule has 0 amide bonds. The molecule has 0 spiro atoms. The third kappa shape index (κ3) is 4.79. The average molecular weight is 240 g/mol. The van der Waals surface area contributed by atoms with Gasteiger partial charge < -0.3 is 9.90 Å². The molecule has 0 aromatic rings. The van der Waals surface area contributed by atoms with Crippen LogP contribution in [0.2, 0.25) is 0 Å². The molecule has 1 saturated carbocycles. The van der Waals surface area contributed by atoms with Crippen LogP contribution in [-0.2, 0) is 4.79 Å². The van der Waals surface area contributed by atoms with Gasteiger partial charge in [-0.25, -0.2) is 0 Å². The van der Waals surface area contributed by atoms with E-state index >= 15 is 0 Å². The van der Waals surface area contributed by atoms with Crippen LogP contribution in [0.15, 0.2) is 0 Å². The van der Waals surface area contributed by atoms with Crippen molar-refractivity contribution in [2.45, 2.75) is 83.2 Å². The topological polar surface area (TPSA) is 37.3 Å². The molecule has 0 radical (unpaired) electrons. The summed E-state index contributed by atoms with van der Waals surface area (Å²) >= 11 is 0. The molecule has 2 heteroatoms. The van der Waals surface area contributed by atoms with Gasteiger partial charge in [-0.15, -0.1) is 0 Å². The van der Waals surface area contributed by atoms with Crippen LogP contribution < -0.4 is 0 Å². The monoisotopic (exact) mass is 240 g/mol. The number of hydrogen-bond acceptors (Lipinski definition) is 2. The molecule has 2 nitrogen and oxygen atoms in total. The number of aldehydes is 1. The first-order valence-electron chi connectivity index (χ1n) is 7.40. The summed E-state index contributed by atoms with van der Waals surface area (Å²) in [6.45, 7) is 2.22. The van der Waals surface area contributed by atoms with E-state index < -0.39 is 5.60 Å². The number of unbranched alkanes of at least 4 members (excludes halogenated alkanes) is 5. The fraction of sp³-hybridized carbons (Fsp3) is 0.933. The second-order valence-electron chi connectivity index (χ2n) is 5.61. The molecule has 100 valence electrons. The maximum atomic E-state index is 11.1. The van der Waals surface area contributed by atoms with Crippen molar-refractivity contribution >= 4 is 6.29 Å². The first kappa shape index (κ1) is 14.7. The van der Waals surface area contributed by atoms with Crippen LogP contribution in [-0.4, -0.2) is 17.0 Å². The van der Waals surface area contributed by atoms with E-state index in [4.69, 9.17) is 0 Å². The summed E-state index contributed by atoms with van der Waals surface area (Å²) in [5.41, 5.74) is -0.662. The number of rotatable bonds is 9. The molecular formula is C15H28O2. The third-order valence-corrected chi connectivity index (χ3v) is 4.19. The second-order valence-corrected chi connectivity index (χ2v) is 5.61. The van der Waals surface area contributed by atoms with Crippen molar-refractivity contribution in [3.8, 4) is 0 Å². The van der Waals surface area contributed by atoms with Gasteiger partial charge >= 0.3 is 0 Å². The number of aliphatic hydroxyl groups is 1. The van der Waals surface area contributed by atoms with Gasteiger partial charge in [0.2, 0.25) is 0 Å². The highest BCUT2D eigenvalue weighted by Gasteiger charge is 2.38. The third-order valence-electron chi connectivity index (χ3n) is 4.19. The minimum Gasteiger partial charge on any atom is -0.389 e. The number of carbonyl (C=O) groups is 1. The van der Waals surface area contributed by atoms with E-state index in [2.05, 4.69) is 6.92 Å². The Morgan fingerprint density at radius 1 is 1.12 bits per heavy atom. The molecule has 0 aromatic heterocycles. The van der Waals surface area contributed by atoms with Crippen LogP contribution in [0.5, 0.6) is 0 Å². The fourth-order valence-corrected chi connectivity index (χ4v) is 2.97. The SMILES string of the molecule is CCCCCCCCC(C=O)C1(O)CCCC1. The molecule has 1 N–H and O–H groups in total. The van der Waals surface area contributed by atoms with Gasteiger partial charge in [-0.05, 0) is 19.3 Å². The van der Waals surface area contributed by atoms with Gasteiger partial charge in [0, 0.05) is 5.92 Å². The Labute approximate surface area is 106 Å². The minimum atomic E-state index is -0.662. The molecule has 1 rings (SSSR count). The lowest BCUT2D eigenvalue weighted by Crippen LogP contribution is -2.35. The van der Waals surface area contributed by atoms with E-state index in [1.807, 2.05) is 0 Å². The molecule has 0 bridgehead atoms. The Kier molecular flexibility index (Phi) is 6.79. The summed E-state index contributed by atoms with van der Waals surface area (Å²) in [6.07, 6.45) is 13.2. The summed E-state index contributed by atoms with van der Waals surface area (Å²) in [5.74, 6) is -0.115. The maximum Gasteiger partial charge on any atom is 0.125 e. The highest BCUT2D eigenvalue weighted by molar-refractivity contribution is 5.55. The quantitative estimate of drug-likeness (QED) is 0.491. The van der Waals surface area contributed by atoms with E-state index in [1.165, 1.54) is 32.1 Å². The van der Waals surface area contributed by atoms with Crippen molar-refractivity contribution in [1.82, 2.24) is 0 Å². The fourth-order valence-electron chi connectivity index (χ4n) is 2.97. The van der Waals surface area contributed by atoms with Crippen molar-refractivity contribution in [2.75, 3.05) is 0 Å². The van der Waals surface area contributed by atoms with Crippen molar-refractivity contribution in [2.24, 2.45) is 5.92 Å². The van der Waals surface area contributed by atoms with Crippen LogP contribution in [0.25, 0.3) is 0 Å². The zero-order chi connectivity index (χ0) is 12.6. The average Bonchev–Trinajstić information content (AvgIpc) is 2.76. The Bertz CT molecular complexity index is 207. The largest absolute Gasteiger partial charge is 0.389 e. The normalized spacial score (nSPS) is 20.4. The molecule has 0 saturated heterocycles. The second kappa shape index (κ2) is 7.86. The van der Waals surface area contributed by atoms with Crippen LogP contribution in [0.1, 0.15) is 77.6 Å². The smallest absolute Gasteiger partial charge is 0.125 e. The summed E-state index contributed by atoms with van der Waals surface area (Å²) in [6, 6.07) is 0. The lowest BCUT2D eigenvalue weighted by atomic mass is 9.83. The van der Waals surface area contributed by atoms with E-state index in [9.17, 15) is 9.90 Å². The molecule has 1 aliphatic carbocycles. The standard InChI is InChI=1S/C15H28O2/c1-2-3-4-5-6-7-10-14(13-16)15(17)11-8-9-12-15/h13-14,17H,2-12H2,1H3. The van der Waals surface area contributed by atoms with Crippen LogP contribution in [0.3, 0.4) is 0 Å². The van der Waals surface area contributed by atoms with Gasteiger partial charge in [0.25, 0.3) is 0 Å². The molecule has 1 aliphatic rings. The van der Waals surface area contributed by atoms with E-state index in [0.29, 0.717) is 0 Å². The molecule has 1 unspecified atom stereocenters. The molecular weight excluding hydrogens is 212 g/mol. The Morgan fingerprint density at radius 3 is 2.29 bits per heavy atom. The van der Waals surface area contributed by atoms with E-state index in [1.54, 1.807) is 0 Å². The molecule has 0 aromatic carbocycles. The van der Waals surface area contributed by atoms with Crippen LogP contribution in [0, 0.1) is 5.92 Å². The molecule has 17 heavy (non-hydrogen) atoms. The van der Waals surface area contributed by atoms with Crippen molar-refractivity contribution in [1.29, 1.82) is 0 Å². The van der Waals surface area contributed by atoms with Gasteiger partial charge in [-0.2, -0.15) is 0 Å². The molecule has 0 aliphatic heterocycles. The highest BCUT2D eigenvalue weighted by atomic mass is 16.3. The summed E-state index contributed by atoms with van der Waals surface area (Å²) in [4.78, 5) is 11.1. The van der Waals surface area contributed by atoms with Crippen molar-refractivity contribution in [3.63, 3.8) is 0 Å².